The third kappa shape index (κ3) is 6.73. The van der Waals surface area contributed by atoms with Gasteiger partial charge in [0.15, 0.2) is 0 Å². The summed E-state index contributed by atoms with van der Waals surface area (Å²) < 4.78 is 31.2. The zero-order valence-electron chi connectivity index (χ0n) is 19.5. The molecule has 0 aliphatic heterocycles. The van der Waals surface area contributed by atoms with Crippen LogP contribution < -0.4 is 39.6 Å². The molecule has 0 radical (unpaired) electrons. The van der Waals surface area contributed by atoms with Gasteiger partial charge in [0, 0.05) is 11.6 Å². The summed E-state index contributed by atoms with van der Waals surface area (Å²) in [5, 5.41) is 32.7. The molecule has 0 fully saturated rings. The van der Waals surface area contributed by atoms with Crippen LogP contribution >= 0.6 is 11.6 Å². The van der Waals surface area contributed by atoms with Crippen LogP contribution in [0, 0.1) is 0 Å². The molecule has 0 spiro atoms. The number of aromatic carboxylic acids is 1. The summed E-state index contributed by atoms with van der Waals surface area (Å²) in [5.41, 5.74) is -1.22. The van der Waals surface area contributed by atoms with Crippen LogP contribution in [0.5, 0.6) is 11.5 Å². The molecule has 1 atom stereocenters. The van der Waals surface area contributed by atoms with Crippen molar-refractivity contribution in [3.8, 4) is 11.5 Å². The maximum Gasteiger partial charge on any atom is 1.00 e. The Morgan fingerprint density at radius 3 is 2.35 bits per heavy atom. The van der Waals surface area contributed by atoms with E-state index in [-0.39, 0.29) is 47.4 Å². The Balaban J connectivity index is 0.00000306. The van der Waals surface area contributed by atoms with E-state index in [0.717, 1.165) is 18.2 Å². The van der Waals surface area contributed by atoms with Gasteiger partial charge in [-0.2, -0.15) is 0 Å². The van der Waals surface area contributed by atoms with Gasteiger partial charge in [0.05, 0.1) is 9.79 Å². The molecule has 0 heterocycles. The molecule has 0 aromatic heterocycles. The predicted octanol–water partition coefficient (Wildman–Crippen LogP) is 0.527. The van der Waals surface area contributed by atoms with Crippen LogP contribution in [0.2, 0.25) is 5.02 Å². The Labute approximate surface area is 225 Å². The van der Waals surface area contributed by atoms with Crippen molar-refractivity contribution in [2.45, 2.75) is 22.4 Å². The summed E-state index contributed by atoms with van der Waals surface area (Å²) in [5.74, 6) is -1.54. The number of sulfone groups is 1. The van der Waals surface area contributed by atoms with E-state index < -0.39 is 32.8 Å². The predicted molar refractivity (Wildman–Crippen MR) is 123 cm³/mol. The minimum absolute atomic E-state index is 0. The molecular weight excluding hydrogens is 493 g/mol. The number of carboxylic acids is 1. The molecule has 0 unspecified atom stereocenters. The van der Waals surface area contributed by atoms with Crippen molar-refractivity contribution >= 4 is 27.4 Å². The Hall–Kier alpha value is -2.11. The van der Waals surface area contributed by atoms with Crippen LogP contribution in [0.15, 0.2) is 76.5 Å². The molecule has 4 N–H and O–H groups in total. The van der Waals surface area contributed by atoms with Crippen molar-refractivity contribution in [1.29, 1.82) is 0 Å². The van der Waals surface area contributed by atoms with Crippen molar-refractivity contribution in [1.82, 2.24) is 5.32 Å². The smallest absolute Gasteiger partial charge is 1.00 e. The minimum atomic E-state index is -3.99. The van der Waals surface area contributed by atoms with Gasteiger partial charge >= 0.3 is 35.5 Å². The topological polar surface area (TPSA) is 133 Å². The molecule has 0 aliphatic rings. The van der Waals surface area contributed by atoms with E-state index in [1.54, 1.807) is 31.2 Å². The average molecular weight is 516 g/mol. The molecule has 3 rings (SSSR count). The van der Waals surface area contributed by atoms with E-state index in [4.69, 9.17) is 21.4 Å². The van der Waals surface area contributed by atoms with Gasteiger partial charge in [-0.15, -0.1) is 0 Å². The van der Waals surface area contributed by atoms with Crippen molar-refractivity contribution in [2.24, 2.45) is 0 Å². The first kappa shape index (κ1) is 28.1. The number of rotatable bonds is 9. The maximum atomic E-state index is 12.8. The number of aromatic hydroxyl groups is 1. The van der Waals surface area contributed by atoms with E-state index in [1.807, 2.05) is 0 Å². The van der Waals surface area contributed by atoms with Crippen LogP contribution in [0.3, 0.4) is 0 Å². The van der Waals surface area contributed by atoms with Gasteiger partial charge < -0.3 is 21.5 Å². The number of aliphatic hydroxyl groups is 1. The molecular formula is C23H23ClNNaO7S. The second-order valence-electron chi connectivity index (χ2n) is 7.32. The van der Waals surface area contributed by atoms with Crippen molar-refractivity contribution in [3.05, 3.63) is 82.9 Å². The summed E-state index contributed by atoms with van der Waals surface area (Å²) >= 11 is 5.96. The molecule has 0 aliphatic carbocycles. The number of phenols is 1. The Morgan fingerprint density at radius 2 is 1.74 bits per heavy atom. The van der Waals surface area contributed by atoms with Crippen LogP contribution in [0.4, 0.5) is 0 Å². The zero-order valence-corrected chi connectivity index (χ0v) is 22.1. The standard InChI is InChI=1S/C23H22ClNO7S.Na.H/c1-23(29,15-3-2-4-16(24)13-15)25-11-12-32-17-5-7-18(8-6-17)33(30,31)19-9-10-21(26)20(14-19)22(27)28;;/h2-10,13-14,25-26,29H,11-12H2,1H3,(H,27,28);;/q;+1;-1/t23-;;/m0../s1. The van der Waals surface area contributed by atoms with Crippen LogP contribution in [0.1, 0.15) is 24.3 Å². The first-order chi connectivity index (χ1) is 15.5. The third-order valence-electron chi connectivity index (χ3n) is 4.87. The van der Waals surface area contributed by atoms with E-state index in [1.165, 1.54) is 24.3 Å². The summed E-state index contributed by atoms with van der Waals surface area (Å²) in [4.78, 5) is 10.9. The fraction of sp³-hybridized carbons (Fsp3) is 0.174. The fourth-order valence-corrected chi connectivity index (χ4v) is 4.54. The van der Waals surface area contributed by atoms with E-state index >= 15 is 0 Å². The van der Waals surface area contributed by atoms with Gasteiger partial charge in [0.25, 0.3) is 0 Å². The molecule has 3 aromatic carbocycles. The summed E-state index contributed by atoms with van der Waals surface area (Å²) in [6.45, 7) is 2.09. The molecule has 8 nitrogen and oxygen atoms in total. The molecule has 0 amide bonds. The van der Waals surface area contributed by atoms with Crippen molar-refractivity contribution < 1.29 is 64.3 Å². The van der Waals surface area contributed by atoms with Crippen LogP contribution in [-0.4, -0.2) is 42.9 Å². The molecule has 0 bridgehead atoms. The van der Waals surface area contributed by atoms with E-state index in [9.17, 15) is 23.4 Å². The number of benzene rings is 3. The van der Waals surface area contributed by atoms with Crippen molar-refractivity contribution in [2.75, 3.05) is 13.2 Å². The minimum Gasteiger partial charge on any atom is -1.00 e. The SMILES string of the molecule is C[C@@](O)(NCCOc1ccc(S(=O)(=O)c2ccc(O)c(C(=O)O)c2)cc1)c1cccc(Cl)c1.[H-].[Na+]. The molecule has 0 saturated heterocycles. The number of halogens is 1. The second-order valence-corrected chi connectivity index (χ2v) is 9.70. The second kappa shape index (κ2) is 11.5. The van der Waals surface area contributed by atoms with Gasteiger partial charge in [-0.05, 0) is 67.1 Å². The Bertz CT molecular complexity index is 1270. The van der Waals surface area contributed by atoms with E-state index in [2.05, 4.69) is 5.32 Å². The summed E-state index contributed by atoms with van der Waals surface area (Å²) in [6.07, 6.45) is 0. The van der Waals surface area contributed by atoms with Crippen LogP contribution in [-0.2, 0) is 15.6 Å². The maximum absolute atomic E-state index is 12.8. The normalized spacial score (nSPS) is 12.9. The summed E-state index contributed by atoms with van der Waals surface area (Å²) in [7, 11) is -3.99. The Morgan fingerprint density at radius 1 is 1.09 bits per heavy atom. The third-order valence-corrected chi connectivity index (χ3v) is 6.87. The number of hydrogen-bond acceptors (Lipinski definition) is 7. The van der Waals surface area contributed by atoms with Gasteiger partial charge in [0.1, 0.15) is 29.4 Å². The first-order valence-electron chi connectivity index (χ1n) is 9.78. The van der Waals surface area contributed by atoms with Gasteiger partial charge in [-0.25, -0.2) is 13.2 Å². The quantitative estimate of drug-likeness (QED) is 0.184. The average Bonchev–Trinajstić information content (AvgIpc) is 2.77. The fourth-order valence-electron chi connectivity index (χ4n) is 3.06. The molecule has 3 aromatic rings. The largest absolute Gasteiger partial charge is 1.00 e. The van der Waals surface area contributed by atoms with Gasteiger partial charge in [0.2, 0.25) is 9.84 Å². The first-order valence-corrected chi connectivity index (χ1v) is 11.6. The number of ether oxygens (including phenoxy) is 1. The zero-order chi connectivity index (χ0) is 24.2. The van der Waals surface area contributed by atoms with Crippen LogP contribution in [0.25, 0.3) is 0 Å². The molecule has 176 valence electrons. The molecule has 34 heavy (non-hydrogen) atoms. The Kier molecular flexibility index (Phi) is 9.55. The van der Waals surface area contributed by atoms with E-state index in [0.29, 0.717) is 22.9 Å². The number of hydrogen-bond donors (Lipinski definition) is 4. The molecule has 0 saturated carbocycles. The molecule has 11 heteroatoms. The van der Waals surface area contributed by atoms with Gasteiger partial charge in [-0.3, -0.25) is 5.32 Å². The number of carboxylic acid groups (broad SMARTS) is 1. The van der Waals surface area contributed by atoms with Gasteiger partial charge in [-0.1, -0.05) is 23.7 Å². The number of carbonyl (C=O) groups is 1. The summed E-state index contributed by atoms with van der Waals surface area (Å²) in [6, 6.07) is 15.5. The monoisotopic (exact) mass is 515 g/mol. The van der Waals surface area contributed by atoms with Crippen molar-refractivity contribution in [3.63, 3.8) is 0 Å². The number of nitrogens with one attached hydrogen (secondary N) is 1.